The van der Waals surface area contributed by atoms with Crippen molar-refractivity contribution in [2.24, 2.45) is 0 Å². The topological polar surface area (TPSA) is 73.2 Å². The third kappa shape index (κ3) is 4.02. The van der Waals surface area contributed by atoms with Crippen molar-refractivity contribution in [3.63, 3.8) is 0 Å². The van der Waals surface area contributed by atoms with Crippen molar-refractivity contribution >= 4 is 15.7 Å². The number of anilines is 1. The molecule has 0 bridgehead atoms. The Morgan fingerprint density at radius 2 is 1.69 bits per heavy atom. The number of rotatable bonds is 4. The van der Waals surface area contributed by atoms with Gasteiger partial charge in [-0.25, -0.2) is 8.42 Å². The van der Waals surface area contributed by atoms with Gasteiger partial charge in [-0.1, -0.05) is 48.5 Å². The molecule has 0 aromatic heterocycles. The van der Waals surface area contributed by atoms with Crippen molar-refractivity contribution in [2.75, 3.05) is 11.9 Å². The van der Waals surface area contributed by atoms with E-state index in [9.17, 15) is 13.7 Å². The molecule has 1 aliphatic heterocycles. The average Bonchev–Trinajstić information content (AvgIpc) is 2.94. The predicted molar refractivity (Wildman–Crippen MR) is 113 cm³/mol. The smallest absolute Gasteiger partial charge is 0.243 e. The van der Waals surface area contributed by atoms with Crippen LogP contribution in [-0.2, 0) is 23.0 Å². The van der Waals surface area contributed by atoms with Crippen molar-refractivity contribution in [1.29, 1.82) is 5.26 Å². The fourth-order valence-electron chi connectivity index (χ4n) is 3.66. The first-order chi connectivity index (χ1) is 14.1. The maximum Gasteiger partial charge on any atom is 0.243 e. The van der Waals surface area contributed by atoms with Gasteiger partial charge in [-0.2, -0.15) is 9.57 Å². The van der Waals surface area contributed by atoms with Crippen molar-refractivity contribution in [2.45, 2.75) is 23.9 Å². The van der Waals surface area contributed by atoms with Gasteiger partial charge in [0.25, 0.3) is 0 Å². The molecule has 5 nitrogen and oxygen atoms in total. The lowest BCUT2D eigenvalue weighted by atomic mass is 10.1. The monoisotopic (exact) mass is 403 g/mol. The van der Waals surface area contributed by atoms with Gasteiger partial charge in [-0.05, 0) is 47.9 Å². The molecular formula is C23H21N3O2S. The molecule has 1 N–H and O–H groups in total. The second kappa shape index (κ2) is 8.08. The van der Waals surface area contributed by atoms with Gasteiger partial charge in [0.05, 0.1) is 16.5 Å². The van der Waals surface area contributed by atoms with Crippen LogP contribution in [0.25, 0.3) is 0 Å². The zero-order chi connectivity index (χ0) is 20.3. The third-order valence-corrected chi connectivity index (χ3v) is 7.07. The molecule has 0 fully saturated rings. The highest BCUT2D eigenvalue weighted by atomic mass is 32.2. The third-order valence-electron chi connectivity index (χ3n) is 5.16. The Labute approximate surface area is 171 Å². The predicted octanol–water partition coefficient (Wildman–Crippen LogP) is 3.79. The first kappa shape index (κ1) is 19.2. The zero-order valence-corrected chi connectivity index (χ0v) is 16.6. The van der Waals surface area contributed by atoms with Gasteiger partial charge in [-0.3, -0.25) is 0 Å². The molecule has 3 aromatic rings. The van der Waals surface area contributed by atoms with E-state index in [1.54, 1.807) is 46.8 Å². The number of fused-ring (bicyclic) bond motifs is 1. The molecule has 0 saturated heterocycles. The van der Waals surface area contributed by atoms with E-state index in [-0.39, 0.29) is 17.5 Å². The molecule has 0 saturated carbocycles. The van der Waals surface area contributed by atoms with Crippen LogP contribution in [0, 0.1) is 11.3 Å². The quantitative estimate of drug-likeness (QED) is 0.719. The lowest BCUT2D eigenvalue weighted by molar-refractivity contribution is 0.326. The molecule has 0 aliphatic carbocycles. The summed E-state index contributed by atoms with van der Waals surface area (Å²) in [6.07, 6.45) is 0.596. The van der Waals surface area contributed by atoms with Gasteiger partial charge in [0.15, 0.2) is 0 Å². The van der Waals surface area contributed by atoms with Crippen molar-refractivity contribution in [3.8, 4) is 6.07 Å². The molecule has 1 atom stereocenters. The van der Waals surface area contributed by atoms with Crippen LogP contribution in [0.15, 0.2) is 83.8 Å². The van der Waals surface area contributed by atoms with Gasteiger partial charge in [0.1, 0.15) is 0 Å². The number of nitriles is 1. The molecule has 0 radical (unpaired) electrons. The van der Waals surface area contributed by atoms with Crippen LogP contribution >= 0.6 is 0 Å². The van der Waals surface area contributed by atoms with Gasteiger partial charge < -0.3 is 5.32 Å². The normalized spacial score (nSPS) is 16.9. The fraction of sp³-hybridized carbons (Fsp3) is 0.174. The van der Waals surface area contributed by atoms with Crippen LogP contribution in [0.1, 0.15) is 16.7 Å². The molecule has 4 rings (SSSR count). The standard InChI is InChI=1S/C23H21N3O2S/c24-15-19-11-12-23-20(13-19)17-26(29(27,28)22-9-5-2-6-10-22)21(16-25-23)14-18-7-3-1-4-8-18/h1-13,21,25H,14,16-17H2/t21-/m1/s1. The summed E-state index contributed by atoms with van der Waals surface area (Å²) in [5, 5.41) is 12.6. The van der Waals surface area contributed by atoms with Crippen LogP contribution in [0.4, 0.5) is 5.69 Å². The van der Waals surface area contributed by atoms with E-state index in [2.05, 4.69) is 11.4 Å². The summed E-state index contributed by atoms with van der Waals surface area (Å²) < 4.78 is 28.6. The van der Waals surface area contributed by atoms with Crippen LogP contribution in [-0.4, -0.2) is 25.3 Å². The lowest BCUT2D eigenvalue weighted by Crippen LogP contribution is -2.43. The number of nitrogens with one attached hydrogen (secondary N) is 1. The van der Waals surface area contributed by atoms with E-state index in [0.29, 0.717) is 18.5 Å². The highest BCUT2D eigenvalue weighted by Crippen LogP contribution is 2.29. The summed E-state index contributed by atoms with van der Waals surface area (Å²) in [5.74, 6) is 0. The van der Waals surface area contributed by atoms with E-state index in [1.807, 2.05) is 36.4 Å². The van der Waals surface area contributed by atoms with E-state index in [0.717, 1.165) is 16.8 Å². The van der Waals surface area contributed by atoms with E-state index in [4.69, 9.17) is 0 Å². The summed E-state index contributed by atoms with van der Waals surface area (Å²) in [5.41, 5.74) is 3.27. The van der Waals surface area contributed by atoms with E-state index >= 15 is 0 Å². The Hall–Kier alpha value is -3.14. The molecule has 3 aromatic carbocycles. The summed E-state index contributed by atoms with van der Waals surface area (Å²) in [4.78, 5) is 0.276. The summed E-state index contributed by atoms with van der Waals surface area (Å²) in [7, 11) is -3.71. The van der Waals surface area contributed by atoms with Gasteiger partial charge in [0, 0.05) is 24.8 Å². The molecule has 0 spiro atoms. The molecule has 29 heavy (non-hydrogen) atoms. The highest BCUT2D eigenvalue weighted by molar-refractivity contribution is 7.89. The van der Waals surface area contributed by atoms with Crippen LogP contribution in [0.2, 0.25) is 0 Å². The number of hydrogen-bond donors (Lipinski definition) is 1. The minimum Gasteiger partial charge on any atom is -0.383 e. The zero-order valence-electron chi connectivity index (χ0n) is 15.8. The van der Waals surface area contributed by atoms with Gasteiger partial charge >= 0.3 is 0 Å². The molecule has 1 aliphatic rings. The molecule has 0 unspecified atom stereocenters. The maximum absolute atomic E-state index is 13.5. The van der Waals surface area contributed by atoms with Gasteiger partial charge in [-0.15, -0.1) is 0 Å². The highest BCUT2D eigenvalue weighted by Gasteiger charge is 2.34. The lowest BCUT2D eigenvalue weighted by Gasteiger charge is -2.29. The number of benzene rings is 3. The first-order valence-electron chi connectivity index (χ1n) is 9.45. The van der Waals surface area contributed by atoms with Crippen molar-refractivity contribution < 1.29 is 8.42 Å². The molecule has 6 heteroatoms. The first-order valence-corrected chi connectivity index (χ1v) is 10.9. The summed E-state index contributed by atoms with van der Waals surface area (Å²) in [6.45, 7) is 0.701. The Balaban J connectivity index is 1.77. The van der Waals surface area contributed by atoms with E-state index in [1.165, 1.54) is 0 Å². The SMILES string of the molecule is N#Cc1ccc2c(c1)CN(S(=O)(=O)c1ccccc1)[C@H](Cc1ccccc1)CN2. The van der Waals surface area contributed by atoms with Crippen LogP contribution < -0.4 is 5.32 Å². The van der Waals surface area contributed by atoms with E-state index < -0.39 is 10.0 Å². The van der Waals surface area contributed by atoms with Crippen molar-refractivity contribution in [1.82, 2.24) is 4.31 Å². The Morgan fingerprint density at radius 1 is 1.00 bits per heavy atom. The number of sulfonamides is 1. The largest absolute Gasteiger partial charge is 0.383 e. The Kier molecular flexibility index (Phi) is 5.34. The van der Waals surface area contributed by atoms with Crippen LogP contribution in [0.3, 0.4) is 0 Å². The second-order valence-corrected chi connectivity index (χ2v) is 8.96. The summed E-state index contributed by atoms with van der Waals surface area (Å²) in [6, 6.07) is 25.7. The number of nitrogens with zero attached hydrogens (tertiary/aromatic N) is 2. The minimum absolute atomic E-state index is 0.215. The molecule has 0 amide bonds. The number of hydrogen-bond acceptors (Lipinski definition) is 4. The summed E-state index contributed by atoms with van der Waals surface area (Å²) >= 11 is 0. The molecule has 146 valence electrons. The minimum atomic E-state index is -3.71. The average molecular weight is 404 g/mol. The fourth-order valence-corrected chi connectivity index (χ4v) is 5.28. The Morgan fingerprint density at radius 3 is 2.38 bits per heavy atom. The maximum atomic E-state index is 13.5. The molecule has 1 heterocycles. The Bertz CT molecular complexity index is 1140. The van der Waals surface area contributed by atoms with Gasteiger partial charge in [0.2, 0.25) is 10.0 Å². The van der Waals surface area contributed by atoms with Crippen molar-refractivity contribution in [3.05, 3.63) is 95.6 Å². The second-order valence-electron chi connectivity index (χ2n) is 7.07. The van der Waals surface area contributed by atoms with Crippen LogP contribution in [0.5, 0.6) is 0 Å². The molecular weight excluding hydrogens is 382 g/mol.